The normalized spacial score (nSPS) is 12.7. The maximum Gasteiger partial charge on any atom is 0.241 e. The van der Waals surface area contributed by atoms with E-state index in [9.17, 15) is 8.42 Å². The predicted octanol–water partition coefficient (Wildman–Crippen LogP) is 2.85. The second-order valence-corrected chi connectivity index (χ2v) is 7.54. The summed E-state index contributed by atoms with van der Waals surface area (Å²) in [4.78, 5) is 0.241. The topological polar surface area (TPSA) is 55.4 Å². The Kier molecular flexibility index (Phi) is 5.55. The first-order valence-electron chi connectivity index (χ1n) is 6.08. The van der Waals surface area contributed by atoms with Crippen LogP contribution in [0.2, 0.25) is 0 Å². The minimum Gasteiger partial charge on any atom is -0.375 e. The Morgan fingerprint density at radius 3 is 2.53 bits per heavy atom. The number of benzene rings is 1. The molecule has 0 aromatic heterocycles. The Bertz CT molecular complexity index is 541. The lowest BCUT2D eigenvalue weighted by atomic mass is 10.1. The summed E-state index contributed by atoms with van der Waals surface area (Å²) < 4.78 is 33.1. The Hall–Kier alpha value is -0.430. The molecule has 6 heteroatoms. The van der Waals surface area contributed by atoms with Gasteiger partial charge >= 0.3 is 0 Å². The zero-order chi connectivity index (χ0) is 14.7. The van der Waals surface area contributed by atoms with Gasteiger partial charge in [0, 0.05) is 17.6 Å². The standard InChI is InChI=1S/C13H20BrNO3S/c1-5-18-13(3,4)9-15-19(16,17)12-7-6-10(2)8-11(12)14/h6-8,15H,5,9H2,1-4H3. The number of sulfonamides is 1. The molecule has 0 radical (unpaired) electrons. The van der Waals surface area contributed by atoms with Crippen LogP contribution in [-0.2, 0) is 14.8 Å². The molecule has 1 rings (SSSR count). The fourth-order valence-corrected chi connectivity index (χ4v) is 4.00. The number of hydrogen-bond acceptors (Lipinski definition) is 3. The lowest BCUT2D eigenvalue weighted by molar-refractivity contribution is -0.00515. The van der Waals surface area contributed by atoms with Gasteiger partial charge in [-0.15, -0.1) is 0 Å². The van der Waals surface area contributed by atoms with Gasteiger partial charge in [-0.25, -0.2) is 13.1 Å². The Morgan fingerprint density at radius 2 is 2.00 bits per heavy atom. The third kappa shape index (κ3) is 4.87. The summed E-state index contributed by atoms with van der Waals surface area (Å²) in [5.74, 6) is 0. The highest BCUT2D eigenvalue weighted by molar-refractivity contribution is 9.10. The lowest BCUT2D eigenvalue weighted by Gasteiger charge is -2.25. The van der Waals surface area contributed by atoms with Crippen molar-refractivity contribution in [2.45, 2.75) is 38.2 Å². The highest BCUT2D eigenvalue weighted by Gasteiger charge is 2.23. The summed E-state index contributed by atoms with van der Waals surface area (Å²) in [6.07, 6.45) is 0. The molecule has 19 heavy (non-hydrogen) atoms. The van der Waals surface area contributed by atoms with Crippen molar-refractivity contribution in [3.05, 3.63) is 28.2 Å². The van der Waals surface area contributed by atoms with Gasteiger partial charge in [0.15, 0.2) is 0 Å². The molecule has 0 atom stereocenters. The van der Waals surface area contributed by atoms with Crippen molar-refractivity contribution in [3.63, 3.8) is 0 Å². The number of nitrogens with one attached hydrogen (secondary N) is 1. The fourth-order valence-electron chi connectivity index (χ4n) is 1.61. The molecule has 0 aliphatic carbocycles. The molecule has 0 aliphatic rings. The van der Waals surface area contributed by atoms with E-state index in [2.05, 4.69) is 20.7 Å². The van der Waals surface area contributed by atoms with Gasteiger partial charge in [-0.3, -0.25) is 0 Å². The van der Waals surface area contributed by atoms with E-state index in [1.54, 1.807) is 18.2 Å². The Balaban J connectivity index is 2.87. The van der Waals surface area contributed by atoms with Gasteiger partial charge in [-0.2, -0.15) is 0 Å². The quantitative estimate of drug-likeness (QED) is 0.858. The molecule has 0 heterocycles. The van der Waals surface area contributed by atoms with Gasteiger partial charge in [0.2, 0.25) is 10.0 Å². The molecule has 0 saturated heterocycles. The van der Waals surface area contributed by atoms with Gasteiger partial charge in [-0.05, 0) is 61.3 Å². The largest absolute Gasteiger partial charge is 0.375 e. The molecule has 4 nitrogen and oxygen atoms in total. The summed E-state index contributed by atoms with van der Waals surface area (Å²) in [7, 11) is -3.54. The fraction of sp³-hybridized carbons (Fsp3) is 0.538. The van der Waals surface area contributed by atoms with Crippen molar-refractivity contribution in [1.29, 1.82) is 0 Å². The number of aryl methyl sites for hydroxylation is 1. The van der Waals surface area contributed by atoms with Crippen LogP contribution >= 0.6 is 15.9 Å². The Morgan fingerprint density at radius 1 is 1.37 bits per heavy atom. The minimum absolute atomic E-state index is 0.226. The van der Waals surface area contributed by atoms with Crippen LogP contribution < -0.4 is 4.72 Å². The maximum absolute atomic E-state index is 12.2. The van der Waals surface area contributed by atoms with E-state index in [0.29, 0.717) is 11.1 Å². The van der Waals surface area contributed by atoms with Crippen LogP contribution in [0.3, 0.4) is 0 Å². The van der Waals surface area contributed by atoms with Crippen LogP contribution in [0.5, 0.6) is 0 Å². The van der Waals surface area contributed by atoms with Crippen molar-refractivity contribution in [2.24, 2.45) is 0 Å². The van der Waals surface area contributed by atoms with Crippen LogP contribution in [0.1, 0.15) is 26.3 Å². The smallest absolute Gasteiger partial charge is 0.241 e. The third-order valence-electron chi connectivity index (χ3n) is 2.60. The van der Waals surface area contributed by atoms with Crippen LogP contribution in [0.4, 0.5) is 0 Å². The highest BCUT2D eigenvalue weighted by Crippen LogP contribution is 2.23. The van der Waals surface area contributed by atoms with Crippen LogP contribution in [0.15, 0.2) is 27.6 Å². The second-order valence-electron chi connectivity index (χ2n) is 4.95. The molecule has 108 valence electrons. The van der Waals surface area contributed by atoms with Crippen LogP contribution in [0, 0.1) is 6.92 Å². The van der Waals surface area contributed by atoms with Crippen molar-refractivity contribution in [1.82, 2.24) is 4.72 Å². The first-order chi connectivity index (χ1) is 8.68. The molecular formula is C13H20BrNO3S. The summed E-state index contributed by atoms with van der Waals surface area (Å²) in [6, 6.07) is 5.14. The van der Waals surface area contributed by atoms with Crippen molar-refractivity contribution in [2.75, 3.05) is 13.2 Å². The predicted molar refractivity (Wildman–Crippen MR) is 79.8 cm³/mol. The van der Waals surface area contributed by atoms with Crippen molar-refractivity contribution >= 4 is 26.0 Å². The van der Waals surface area contributed by atoms with Crippen molar-refractivity contribution < 1.29 is 13.2 Å². The SMILES string of the molecule is CCOC(C)(C)CNS(=O)(=O)c1ccc(C)cc1Br. The first-order valence-corrected chi connectivity index (χ1v) is 8.35. The van der Waals surface area contributed by atoms with E-state index in [0.717, 1.165) is 5.56 Å². The lowest BCUT2D eigenvalue weighted by Crippen LogP contribution is -2.40. The second kappa shape index (κ2) is 6.35. The van der Waals surface area contributed by atoms with E-state index in [1.807, 2.05) is 27.7 Å². The average Bonchev–Trinajstić information content (AvgIpc) is 2.26. The molecular weight excluding hydrogens is 330 g/mol. The summed E-state index contributed by atoms with van der Waals surface area (Å²) >= 11 is 3.28. The molecule has 0 aliphatic heterocycles. The van der Waals surface area contributed by atoms with E-state index in [1.165, 1.54) is 0 Å². The van der Waals surface area contributed by atoms with Gasteiger partial charge in [0.1, 0.15) is 0 Å². The van der Waals surface area contributed by atoms with Gasteiger partial charge in [-0.1, -0.05) is 6.07 Å². The number of hydrogen-bond donors (Lipinski definition) is 1. The average molecular weight is 350 g/mol. The Labute approximate surface area is 123 Å². The summed E-state index contributed by atoms with van der Waals surface area (Å²) in [5.41, 5.74) is 0.472. The van der Waals surface area contributed by atoms with Gasteiger partial charge < -0.3 is 4.74 Å². The first kappa shape index (κ1) is 16.6. The maximum atomic E-state index is 12.2. The molecule has 0 bridgehead atoms. The molecule has 0 unspecified atom stereocenters. The summed E-state index contributed by atoms with van der Waals surface area (Å²) in [5, 5.41) is 0. The van der Waals surface area contributed by atoms with Gasteiger partial charge in [0.25, 0.3) is 0 Å². The van der Waals surface area contributed by atoms with Crippen LogP contribution in [-0.4, -0.2) is 27.2 Å². The van der Waals surface area contributed by atoms with E-state index in [-0.39, 0.29) is 11.4 Å². The van der Waals surface area contributed by atoms with Crippen molar-refractivity contribution in [3.8, 4) is 0 Å². The molecule has 0 fully saturated rings. The minimum atomic E-state index is -3.54. The number of rotatable bonds is 6. The number of ether oxygens (including phenoxy) is 1. The van der Waals surface area contributed by atoms with Gasteiger partial charge in [0.05, 0.1) is 10.5 Å². The molecule has 0 spiro atoms. The summed E-state index contributed by atoms with van der Waals surface area (Å²) in [6.45, 7) is 8.26. The van der Waals surface area contributed by atoms with E-state index < -0.39 is 15.6 Å². The molecule has 1 aromatic rings. The number of halogens is 1. The van der Waals surface area contributed by atoms with E-state index >= 15 is 0 Å². The zero-order valence-electron chi connectivity index (χ0n) is 11.7. The third-order valence-corrected chi connectivity index (χ3v) is 4.98. The molecule has 0 amide bonds. The highest BCUT2D eigenvalue weighted by atomic mass is 79.9. The van der Waals surface area contributed by atoms with Crippen LogP contribution in [0.25, 0.3) is 0 Å². The molecule has 1 aromatic carbocycles. The van der Waals surface area contributed by atoms with E-state index in [4.69, 9.17) is 4.74 Å². The monoisotopic (exact) mass is 349 g/mol. The molecule has 0 saturated carbocycles. The zero-order valence-corrected chi connectivity index (χ0v) is 14.1. The molecule has 1 N–H and O–H groups in total.